The molecule has 1 aromatic carbocycles. The maximum atomic E-state index is 13.0. The van der Waals surface area contributed by atoms with Crippen LogP contribution in [0.2, 0.25) is 0 Å². The first-order valence-electron chi connectivity index (χ1n) is 11.9. The molecule has 0 bridgehead atoms. The Kier molecular flexibility index (Phi) is 7.67. The van der Waals surface area contributed by atoms with Gasteiger partial charge in [0, 0.05) is 37.0 Å². The van der Waals surface area contributed by atoms with Crippen LogP contribution in [0.1, 0.15) is 57.8 Å². The summed E-state index contributed by atoms with van der Waals surface area (Å²) in [6.45, 7) is 5.09. The molecular formula is C24H29N5O6S2. The van der Waals surface area contributed by atoms with Crippen LogP contribution in [0.25, 0.3) is 0 Å². The topological polar surface area (TPSA) is 159 Å². The van der Waals surface area contributed by atoms with Crippen molar-refractivity contribution in [3.05, 3.63) is 45.8 Å². The lowest BCUT2D eigenvalue weighted by Gasteiger charge is -2.30. The third kappa shape index (κ3) is 5.68. The van der Waals surface area contributed by atoms with Crippen molar-refractivity contribution in [1.82, 2.24) is 14.5 Å². The number of sulfonamides is 1. The smallest absolute Gasteiger partial charge is 0.319 e. The summed E-state index contributed by atoms with van der Waals surface area (Å²) in [5, 5.41) is 4.98. The first-order valence-corrected chi connectivity index (χ1v) is 14.2. The molecule has 1 aromatic heterocycles. The number of amides is 5. The standard InChI is InChI=1S/C24H29N5O6S2/c1-14-4-3-10-29(12-14)37(34,35)17-7-5-16(6-8-17)21(31)26-23-20(22(32)27-24(25)33)18-9-11-28(15(2)30)13-19(18)36-23/h5-8,14H,3-4,9-13H2,1-2H3,(H,26,31)(H3,25,27,32,33). The van der Waals surface area contributed by atoms with Crippen LogP contribution in [0, 0.1) is 5.92 Å². The van der Waals surface area contributed by atoms with E-state index < -0.39 is 27.9 Å². The van der Waals surface area contributed by atoms with E-state index in [1.165, 1.54) is 35.5 Å². The fraction of sp³-hybridized carbons (Fsp3) is 0.417. The first kappa shape index (κ1) is 26.8. The van der Waals surface area contributed by atoms with Crippen molar-refractivity contribution in [2.45, 2.75) is 44.6 Å². The van der Waals surface area contributed by atoms with E-state index in [-0.39, 0.29) is 39.4 Å². The number of carbonyl (C=O) groups is 4. The molecule has 2 aliphatic rings. The van der Waals surface area contributed by atoms with Crippen molar-refractivity contribution in [3.8, 4) is 0 Å². The number of imide groups is 1. The fourth-order valence-corrected chi connectivity index (χ4v) is 7.50. The zero-order valence-corrected chi connectivity index (χ0v) is 22.2. The molecule has 1 atom stereocenters. The van der Waals surface area contributed by atoms with Crippen LogP contribution in [-0.4, -0.2) is 61.0 Å². The zero-order valence-electron chi connectivity index (χ0n) is 20.6. The summed E-state index contributed by atoms with van der Waals surface area (Å²) in [6.07, 6.45) is 2.18. The zero-order chi connectivity index (χ0) is 26.9. The molecule has 0 spiro atoms. The normalized spacial score (nSPS) is 18.1. The van der Waals surface area contributed by atoms with Crippen LogP contribution in [0.5, 0.6) is 0 Å². The summed E-state index contributed by atoms with van der Waals surface area (Å²) in [5.41, 5.74) is 6.11. The molecular weight excluding hydrogens is 518 g/mol. The van der Waals surface area contributed by atoms with Crippen molar-refractivity contribution in [3.63, 3.8) is 0 Å². The Balaban J connectivity index is 1.57. The summed E-state index contributed by atoms with van der Waals surface area (Å²) in [4.78, 5) is 51.4. The van der Waals surface area contributed by atoms with E-state index in [9.17, 15) is 27.6 Å². The van der Waals surface area contributed by atoms with Gasteiger partial charge >= 0.3 is 6.03 Å². The van der Waals surface area contributed by atoms with E-state index in [0.717, 1.165) is 29.1 Å². The highest BCUT2D eigenvalue weighted by Crippen LogP contribution is 2.37. The molecule has 1 fully saturated rings. The molecule has 4 rings (SSSR count). The Hall–Kier alpha value is -3.29. The monoisotopic (exact) mass is 547 g/mol. The molecule has 0 radical (unpaired) electrons. The lowest BCUT2D eigenvalue weighted by molar-refractivity contribution is -0.129. The van der Waals surface area contributed by atoms with Crippen LogP contribution < -0.4 is 16.4 Å². The summed E-state index contributed by atoms with van der Waals surface area (Å²) in [5.74, 6) is -1.12. The third-order valence-electron chi connectivity index (χ3n) is 6.57. The maximum Gasteiger partial charge on any atom is 0.319 e. The van der Waals surface area contributed by atoms with Crippen LogP contribution in [0.3, 0.4) is 0 Å². The number of hydrogen-bond acceptors (Lipinski definition) is 7. The average molecular weight is 548 g/mol. The highest BCUT2D eigenvalue weighted by Gasteiger charge is 2.31. The van der Waals surface area contributed by atoms with E-state index in [0.29, 0.717) is 31.6 Å². The number of primary amides is 1. The highest BCUT2D eigenvalue weighted by atomic mass is 32.2. The number of anilines is 1. The number of nitrogens with zero attached hydrogens (tertiary/aromatic N) is 2. The Morgan fingerprint density at radius 2 is 1.78 bits per heavy atom. The van der Waals surface area contributed by atoms with Crippen LogP contribution in [-0.2, 0) is 27.8 Å². The van der Waals surface area contributed by atoms with Crippen molar-refractivity contribution in [1.29, 1.82) is 0 Å². The van der Waals surface area contributed by atoms with Gasteiger partial charge in [-0.25, -0.2) is 13.2 Å². The molecule has 198 valence electrons. The van der Waals surface area contributed by atoms with Gasteiger partial charge in [0.2, 0.25) is 15.9 Å². The number of rotatable bonds is 5. The highest BCUT2D eigenvalue weighted by molar-refractivity contribution is 7.89. The summed E-state index contributed by atoms with van der Waals surface area (Å²) in [6, 6.07) is 4.61. The largest absolute Gasteiger partial charge is 0.351 e. The van der Waals surface area contributed by atoms with Gasteiger partial charge in [0.25, 0.3) is 11.8 Å². The molecule has 0 saturated carbocycles. The lowest BCUT2D eigenvalue weighted by Crippen LogP contribution is -2.39. The molecule has 11 nitrogen and oxygen atoms in total. The van der Waals surface area contributed by atoms with E-state index in [1.54, 1.807) is 4.90 Å². The average Bonchev–Trinajstić information content (AvgIpc) is 3.20. The van der Waals surface area contributed by atoms with Gasteiger partial charge in [-0.3, -0.25) is 19.7 Å². The number of urea groups is 1. The van der Waals surface area contributed by atoms with E-state index in [1.807, 2.05) is 12.2 Å². The second-order valence-electron chi connectivity index (χ2n) is 9.31. The second-order valence-corrected chi connectivity index (χ2v) is 12.3. The van der Waals surface area contributed by atoms with Gasteiger partial charge in [0.05, 0.1) is 17.0 Å². The fourth-order valence-electron chi connectivity index (χ4n) is 4.64. The quantitative estimate of drug-likeness (QED) is 0.520. The van der Waals surface area contributed by atoms with Crippen LogP contribution in [0.4, 0.5) is 9.80 Å². The molecule has 37 heavy (non-hydrogen) atoms. The SMILES string of the molecule is CC(=O)N1CCc2c(sc(NC(=O)c3ccc(S(=O)(=O)N4CCCC(C)C4)cc3)c2C(=O)NC(N)=O)C1. The van der Waals surface area contributed by atoms with Gasteiger partial charge in [0.15, 0.2) is 0 Å². The summed E-state index contributed by atoms with van der Waals surface area (Å²) < 4.78 is 27.5. The summed E-state index contributed by atoms with van der Waals surface area (Å²) in [7, 11) is -3.67. The minimum Gasteiger partial charge on any atom is -0.351 e. The van der Waals surface area contributed by atoms with Gasteiger partial charge in [-0.05, 0) is 55.0 Å². The number of piperidine rings is 1. The molecule has 1 saturated heterocycles. The molecule has 5 amide bonds. The molecule has 0 aliphatic carbocycles. The third-order valence-corrected chi connectivity index (χ3v) is 9.58. The van der Waals surface area contributed by atoms with Crippen LogP contribution in [0.15, 0.2) is 29.2 Å². The second kappa shape index (κ2) is 10.6. The minimum atomic E-state index is -3.67. The number of nitrogens with one attached hydrogen (secondary N) is 2. The molecule has 4 N–H and O–H groups in total. The van der Waals surface area contributed by atoms with Crippen molar-refractivity contribution < 1.29 is 27.6 Å². The molecule has 13 heteroatoms. The molecule has 2 aromatic rings. The number of benzene rings is 1. The number of thiophene rings is 1. The Morgan fingerprint density at radius 3 is 2.41 bits per heavy atom. The van der Waals surface area contributed by atoms with E-state index in [2.05, 4.69) is 5.32 Å². The van der Waals surface area contributed by atoms with E-state index in [4.69, 9.17) is 5.73 Å². The Bertz CT molecular complexity index is 1350. The van der Waals surface area contributed by atoms with Gasteiger partial charge in [-0.2, -0.15) is 4.31 Å². The predicted octanol–water partition coefficient (Wildman–Crippen LogP) is 2.13. The Labute approximate surface area is 219 Å². The van der Waals surface area contributed by atoms with Gasteiger partial charge in [0.1, 0.15) is 5.00 Å². The molecule has 2 aliphatic heterocycles. The van der Waals surface area contributed by atoms with Gasteiger partial charge < -0.3 is 16.0 Å². The van der Waals surface area contributed by atoms with Gasteiger partial charge in [-0.15, -0.1) is 11.3 Å². The molecule has 1 unspecified atom stereocenters. The first-order chi connectivity index (χ1) is 17.5. The van der Waals surface area contributed by atoms with Crippen molar-refractivity contribution in [2.24, 2.45) is 11.7 Å². The predicted molar refractivity (Wildman–Crippen MR) is 138 cm³/mol. The van der Waals surface area contributed by atoms with Crippen LogP contribution >= 0.6 is 11.3 Å². The van der Waals surface area contributed by atoms with Crippen molar-refractivity contribution in [2.75, 3.05) is 25.0 Å². The lowest BCUT2D eigenvalue weighted by atomic mass is 10.0. The summed E-state index contributed by atoms with van der Waals surface area (Å²) >= 11 is 1.15. The molecule has 3 heterocycles. The minimum absolute atomic E-state index is 0.107. The van der Waals surface area contributed by atoms with Crippen molar-refractivity contribution >= 4 is 50.1 Å². The number of carbonyl (C=O) groups excluding carboxylic acids is 4. The number of hydrogen-bond donors (Lipinski definition) is 3. The Morgan fingerprint density at radius 1 is 1.08 bits per heavy atom. The van der Waals surface area contributed by atoms with Gasteiger partial charge in [-0.1, -0.05) is 6.92 Å². The number of fused-ring (bicyclic) bond motifs is 1. The van der Waals surface area contributed by atoms with E-state index >= 15 is 0 Å². The maximum absolute atomic E-state index is 13.0. The number of nitrogens with two attached hydrogens (primary N) is 1.